The van der Waals surface area contributed by atoms with E-state index < -0.39 is 36.1 Å². The van der Waals surface area contributed by atoms with Crippen LogP contribution in [0.2, 0.25) is 0 Å². The molecule has 0 aliphatic heterocycles. The molecule has 0 aromatic heterocycles. The van der Waals surface area contributed by atoms with Crippen LogP contribution < -0.4 is 0 Å². The Morgan fingerprint density at radius 1 is 1.05 bits per heavy atom. The Labute approximate surface area is 120 Å². The molecule has 0 atom stereocenters. The lowest BCUT2D eigenvalue weighted by Gasteiger charge is -2.37. The van der Waals surface area contributed by atoms with Crippen LogP contribution in [0, 0.1) is 0 Å². The lowest BCUT2D eigenvalue weighted by Crippen LogP contribution is -2.36. The molecule has 1 aromatic rings. The zero-order valence-electron chi connectivity index (χ0n) is 10.3. The minimum atomic E-state index is -4.54. The number of hydrogen-bond donors (Lipinski definition) is 1. The van der Waals surface area contributed by atoms with E-state index in [4.69, 9.17) is 0 Å². The summed E-state index contributed by atoms with van der Waals surface area (Å²) in [6, 6.07) is 2.89. The average molecular weight is 359 g/mol. The quantitative estimate of drug-likeness (QED) is 0.710. The van der Waals surface area contributed by atoms with Crippen molar-refractivity contribution in [3.8, 4) is 0 Å². The first-order valence-electron chi connectivity index (χ1n) is 6.01. The molecule has 0 radical (unpaired) electrons. The molecule has 0 heterocycles. The summed E-state index contributed by atoms with van der Waals surface area (Å²) < 4.78 is 64.6. The summed E-state index contributed by atoms with van der Waals surface area (Å²) in [5.41, 5.74) is -2.54. The third-order valence-corrected chi connectivity index (χ3v) is 4.30. The fourth-order valence-electron chi connectivity index (χ4n) is 2.36. The summed E-state index contributed by atoms with van der Waals surface area (Å²) in [4.78, 5) is 0. The first-order chi connectivity index (χ1) is 9.04. The molecule has 1 aliphatic rings. The molecule has 7 heteroatoms. The van der Waals surface area contributed by atoms with E-state index in [2.05, 4.69) is 15.9 Å². The highest BCUT2D eigenvalue weighted by atomic mass is 79.9. The number of hydrogen-bond acceptors (Lipinski definition) is 1. The molecule has 1 aliphatic carbocycles. The van der Waals surface area contributed by atoms with Crippen molar-refractivity contribution in [3.63, 3.8) is 0 Å². The van der Waals surface area contributed by atoms with Crippen molar-refractivity contribution in [3.05, 3.63) is 33.8 Å². The second-order valence-electron chi connectivity index (χ2n) is 5.08. The highest BCUT2D eigenvalue weighted by Crippen LogP contribution is 2.46. The van der Waals surface area contributed by atoms with E-state index in [0.717, 1.165) is 12.1 Å². The average Bonchev–Trinajstić information content (AvgIpc) is 2.32. The highest BCUT2D eigenvalue weighted by molar-refractivity contribution is 9.10. The minimum Gasteiger partial charge on any atom is -0.385 e. The molecule has 0 saturated heterocycles. The maximum Gasteiger partial charge on any atom is 0.416 e. The van der Waals surface area contributed by atoms with E-state index in [1.54, 1.807) is 0 Å². The van der Waals surface area contributed by atoms with E-state index in [1.807, 2.05) is 0 Å². The molecule has 0 unspecified atom stereocenters. The van der Waals surface area contributed by atoms with Gasteiger partial charge in [0.2, 0.25) is 5.92 Å². The second kappa shape index (κ2) is 4.94. The summed E-state index contributed by atoms with van der Waals surface area (Å²) in [7, 11) is 0. The number of benzene rings is 1. The number of rotatable bonds is 1. The molecule has 112 valence electrons. The van der Waals surface area contributed by atoms with Crippen LogP contribution in [0.1, 0.15) is 36.8 Å². The molecular formula is C13H12BrF5O. The molecule has 0 spiro atoms. The Morgan fingerprint density at radius 2 is 1.60 bits per heavy atom. The summed E-state index contributed by atoms with van der Waals surface area (Å²) >= 11 is 3.08. The Morgan fingerprint density at radius 3 is 2.10 bits per heavy atom. The van der Waals surface area contributed by atoms with Gasteiger partial charge in [-0.25, -0.2) is 8.78 Å². The van der Waals surface area contributed by atoms with Gasteiger partial charge in [0.1, 0.15) is 0 Å². The number of halogens is 6. The van der Waals surface area contributed by atoms with Gasteiger partial charge in [0, 0.05) is 17.3 Å². The van der Waals surface area contributed by atoms with Crippen molar-refractivity contribution in [2.45, 2.75) is 43.4 Å². The van der Waals surface area contributed by atoms with Crippen LogP contribution in [-0.4, -0.2) is 11.0 Å². The van der Waals surface area contributed by atoms with Gasteiger partial charge >= 0.3 is 6.18 Å². The summed E-state index contributed by atoms with van der Waals surface area (Å²) in [6.45, 7) is 0. The lowest BCUT2D eigenvalue weighted by atomic mass is 9.78. The summed E-state index contributed by atoms with van der Waals surface area (Å²) in [5.74, 6) is -2.86. The van der Waals surface area contributed by atoms with Gasteiger partial charge in [-0.3, -0.25) is 0 Å². The van der Waals surface area contributed by atoms with Gasteiger partial charge in [-0.15, -0.1) is 0 Å². The van der Waals surface area contributed by atoms with Crippen LogP contribution in [0.15, 0.2) is 22.7 Å². The fourth-order valence-corrected chi connectivity index (χ4v) is 2.97. The minimum absolute atomic E-state index is 0.0165. The van der Waals surface area contributed by atoms with E-state index >= 15 is 0 Å². The van der Waals surface area contributed by atoms with Crippen molar-refractivity contribution in [1.82, 2.24) is 0 Å². The topological polar surface area (TPSA) is 20.2 Å². The largest absolute Gasteiger partial charge is 0.416 e. The molecule has 0 bridgehead atoms. The summed E-state index contributed by atoms with van der Waals surface area (Å²) in [5, 5.41) is 10.4. The zero-order chi connectivity index (χ0) is 15.2. The molecule has 1 aromatic carbocycles. The van der Waals surface area contributed by atoms with Crippen LogP contribution in [0.4, 0.5) is 22.0 Å². The van der Waals surface area contributed by atoms with Crippen molar-refractivity contribution in [2.75, 3.05) is 0 Å². The molecule has 1 saturated carbocycles. The highest BCUT2D eigenvalue weighted by Gasteiger charge is 2.44. The molecule has 2 rings (SSSR count). The Hall–Kier alpha value is -0.690. The third-order valence-electron chi connectivity index (χ3n) is 3.60. The molecule has 0 amide bonds. The SMILES string of the molecule is OC1(c2cc(C(F)(F)F)ccc2Br)CCC(F)(F)CC1. The van der Waals surface area contributed by atoms with Crippen LogP contribution in [0.5, 0.6) is 0 Å². The smallest absolute Gasteiger partial charge is 0.385 e. The fraction of sp³-hybridized carbons (Fsp3) is 0.538. The summed E-state index contributed by atoms with van der Waals surface area (Å²) in [6.07, 6.45) is -6.14. The standard InChI is InChI=1S/C13H12BrF5O/c14-10-2-1-8(13(17,18)19)7-9(10)11(20)3-5-12(15,16)6-4-11/h1-2,7,20H,3-6H2. The van der Waals surface area contributed by atoms with Gasteiger partial charge in [-0.05, 0) is 36.6 Å². The first-order valence-corrected chi connectivity index (χ1v) is 6.80. The number of alkyl halides is 5. The van der Waals surface area contributed by atoms with E-state index in [-0.39, 0.29) is 18.4 Å². The van der Waals surface area contributed by atoms with Crippen molar-refractivity contribution >= 4 is 15.9 Å². The van der Waals surface area contributed by atoms with Gasteiger partial charge in [-0.2, -0.15) is 13.2 Å². The first kappa shape index (κ1) is 15.7. The van der Waals surface area contributed by atoms with Crippen LogP contribution >= 0.6 is 15.9 Å². The van der Waals surface area contributed by atoms with Crippen molar-refractivity contribution < 1.29 is 27.1 Å². The second-order valence-corrected chi connectivity index (χ2v) is 5.93. The molecule has 1 fully saturated rings. The monoisotopic (exact) mass is 358 g/mol. The molecule has 1 N–H and O–H groups in total. The maximum atomic E-state index is 13.1. The Balaban J connectivity index is 2.37. The normalized spacial score (nSPS) is 21.8. The molecule has 1 nitrogen and oxygen atoms in total. The lowest BCUT2D eigenvalue weighted by molar-refractivity contribution is -0.138. The van der Waals surface area contributed by atoms with Crippen molar-refractivity contribution in [1.29, 1.82) is 0 Å². The molecular weight excluding hydrogens is 347 g/mol. The Kier molecular flexibility index (Phi) is 3.88. The molecule has 20 heavy (non-hydrogen) atoms. The van der Waals surface area contributed by atoms with Gasteiger partial charge in [0.05, 0.1) is 11.2 Å². The van der Waals surface area contributed by atoms with Gasteiger partial charge in [0.25, 0.3) is 0 Å². The van der Waals surface area contributed by atoms with Gasteiger partial charge < -0.3 is 5.11 Å². The van der Waals surface area contributed by atoms with Gasteiger partial charge in [0.15, 0.2) is 0 Å². The predicted molar refractivity (Wildman–Crippen MR) is 66.5 cm³/mol. The maximum absolute atomic E-state index is 13.1. The zero-order valence-corrected chi connectivity index (χ0v) is 11.9. The van der Waals surface area contributed by atoms with Crippen LogP contribution in [0.3, 0.4) is 0 Å². The van der Waals surface area contributed by atoms with E-state index in [9.17, 15) is 27.1 Å². The van der Waals surface area contributed by atoms with E-state index in [1.165, 1.54) is 6.07 Å². The van der Waals surface area contributed by atoms with Crippen LogP contribution in [-0.2, 0) is 11.8 Å². The van der Waals surface area contributed by atoms with E-state index in [0.29, 0.717) is 4.47 Å². The van der Waals surface area contributed by atoms with Crippen LogP contribution in [0.25, 0.3) is 0 Å². The number of aliphatic hydroxyl groups is 1. The third kappa shape index (κ3) is 3.14. The van der Waals surface area contributed by atoms with Crippen molar-refractivity contribution in [2.24, 2.45) is 0 Å². The Bertz CT molecular complexity index is 502. The van der Waals surface area contributed by atoms with Gasteiger partial charge in [-0.1, -0.05) is 15.9 Å². The predicted octanol–water partition coefficient (Wildman–Crippen LogP) is 4.86.